The van der Waals surface area contributed by atoms with E-state index >= 15 is 0 Å². The van der Waals surface area contributed by atoms with Crippen molar-refractivity contribution in [1.29, 1.82) is 0 Å². The van der Waals surface area contributed by atoms with Crippen LogP contribution >= 0.6 is 0 Å². The molecule has 0 spiro atoms. The number of rotatable bonds is 6. The fourth-order valence-corrected chi connectivity index (χ4v) is 7.04. The predicted molar refractivity (Wildman–Crippen MR) is 141 cm³/mol. The van der Waals surface area contributed by atoms with E-state index in [0.717, 1.165) is 60.9 Å². The van der Waals surface area contributed by atoms with Gasteiger partial charge in [0.15, 0.2) is 0 Å². The monoisotopic (exact) mass is 511 g/mol. The van der Waals surface area contributed by atoms with Crippen molar-refractivity contribution in [3.05, 3.63) is 29.1 Å². The Balaban J connectivity index is 1.49. The molecule has 8 nitrogen and oxygen atoms in total. The molecule has 37 heavy (non-hydrogen) atoms. The Kier molecular flexibility index (Phi) is 7.75. The van der Waals surface area contributed by atoms with Crippen molar-refractivity contribution in [2.75, 3.05) is 20.8 Å². The summed E-state index contributed by atoms with van der Waals surface area (Å²) >= 11 is 0. The normalized spacial score (nSPS) is 27.1. The molecule has 2 fully saturated rings. The van der Waals surface area contributed by atoms with E-state index in [0.29, 0.717) is 44.0 Å². The van der Waals surface area contributed by atoms with E-state index in [2.05, 4.69) is 23.6 Å². The number of nitrogens with zero attached hydrogens (tertiary/aromatic N) is 3. The lowest BCUT2D eigenvalue weighted by atomic mass is 9.81. The minimum atomic E-state index is -0.677. The Morgan fingerprint density at radius 1 is 1.08 bits per heavy atom. The maximum absolute atomic E-state index is 12.3. The van der Waals surface area contributed by atoms with Crippen LogP contribution < -0.4 is 0 Å². The zero-order valence-corrected chi connectivity index (χ0v) is 22.4. The third-order valence-corrected chi connectivity index (χ3v) is 9.21. The lowest BCUT2D eigenvalue weighted by Gasteiger charge is -2.32. The van der Waals surface area contributed by atoms with Crippen LogP contribution in [0.5, 0.6) is 0 Å². The van der Waals surface area contributed by atoms with E-state index < -0.39 is 5.97 Å². The molecule has 0 saturated heterocycles. The van der Waals surface area contributed by atoms with Crippen molar-refractivity contribution in [2.24, 2.45) is 11.8 Å². The fourth-order valence-electron chi connectivity index (χ4n) is 7.04. The highest BCUT2D eigenvalue weighted by Crippen LogP contribution is 2.41. The van der Waals surface area contributed by atoms with E-state index in [9.17, 15) is 14.7 Å². The van der Waals surface area contributed by atoms with Gasteiger partial charge in [-0.25, -0.2) is 9.78 Å². The molecule has 3 aliphatic rings. The van der Waals surface area contributed by atoms with E-state index in [-0.39, 0.29) is 17.9 Å². The van der Waals surface area contributed by atoms with E-state index in [1.807, 2.05) is 7.11 Å². The van der Waals surface area contributed by atoms with Crippen LogP contribution in [0.3, 0.4) is 0 Å². The first-order chi connectivity index (χ1) is 17.9. The molecule has 5 rings (SSSR count). The molecule has 0 unspecified atom stereocenters. The minimum Gasteiger partial charge on any atom is -0.481 e. The average Bonchev–Trinajstić information content (AvgIpc) is 3.33. The van der Waals surface area contributed by atoms with Crippen LogP contribution in [0.4, 0.5) is 4.79 Å². The number of amides is 1. The zero-order valence-electron chi connectivity index (χ0n) is 22.4. The Labute approximate surface area is 219 Å². The quantitative estimate of drug-likeness (QED) is 0.537. The van der Waals surface area contributed by atoms with Gasteiger partial charge in [0.2, 0.25) is 0 Å². The number of ether oxygens (including phenoxy) is 2. The van der Waals surface area contributed by atoms with Gasteiger partial charge in [0.05, 0.1) is 36.7 Å². The zero-order chi connectivity index (χ0) is 26.1. The Bertz CT molecular complexity index is 1130. The summed E-state index contributed by atoms with van der Waals surface area (Å²) in [5.41, 5.74) is 4.51. The minimum absolute atomic E-state index is 0.246. The van der Waals surface area contributed by atoms with Crippen molar-refractivity contribution in [3.63, 3.8) is 0 Å². The van der Waals surface area contributed by atoms with Crippen molar-refractivity contribution in [2.45, 2.75) is 95.7 Å². The molecule has 202 valence electrons. The number of carbonyl (C=O) groups excluding carboxylic acids is 1. The summed E-state index contributed by atoms with van der Waals surface area (Å²) in [4.78, 5) is 30.9. The molecule has 1 amide bonds. The number of hydrogen-bond donors (Lipinski definition) is 1. The number of aliphatic carboxylic acids is 1. The maximum Gasteiger partial charge on any atom is 0.409 e. The molecular weight excluding hydrogens is 470 g/mol. The van der Waals surface area contributed by atoms with Crippen molar-refractivity contribution in [3.8, 4) is 0 Å². The number of aromatic nitrogens is 2. The van der Waals surface area contributed by atoms with E-state index in [4.69, 9.17) is 14.5 Å². The molecule has 1 aromatic heterocycles. The molecular formula is C29H41N3O5. The first-order valence-corrected chi connectivity index (χ1v) is 14.0. The summed E-state index contributed by atoms with van der Waals surface area (Å²) in [6.07, 6.45) is 9.73. The molecule has 0 bridgehead atoms. The van der Waals surface area contributed by atoms with Crippen molar-refractivity contribution in [1.82, 2.24) is 14.5 Å². The SMILES string of the molecule is COC(=O)N1CCc2ccc3c(nc([C@H]4CC[C@H](C(=O)O)CC4)n3[C@H](C)C[C@H]3CC[C@H](OC)CC3)c2C1. The number of fused-ring (bicyclic) bond motifs is 3. The van der Waals surface area contributed by atoms with Gasteiger partial charge in [-0.05, 0) is 88.7 Å². The molecule has 2 heterocycles. The van der Waals surface area contributed by atoms with Crippen LogP contribution in [0.25, 0.3) is 11.0 Å². The van der Waals surface area contributed by atoms with Gasteiger partial charge in [-0.15, -0.1) is 0 Å². The molecule has 1 atom stereocenters. The molecule has 2 saturated carbocycles. The molecule has 0 radical (unpaired) electrons. The number of carboxylic acids is 1. The van der Waals surface area contributed by atoms with Crippen LogP contribution in [0.1, 0.15) is 93.6 Å². The maximum atomic E-state index is 12.3. The van der Waals surface area contributed by atoms with Crippen LogP contribution in [-0.4, -0.2) is 58.5 Å². The number of carbonyl (C=O) groups is 2. The van der Waals surface area contributed by atoms with Gasteiger partial charge in [-0.2, -0.15) is 0 Å². The summed E-state index contributed by atoms with van der Waals surface area (Å²) in [5.74, 6) is 1.10. The largest absolute Gasteiger partial charge is 0.481 e. The molecule has 8 heteroatoms. The Morgan fingerprint density at radius 2 is 1.81 bits per heavy atom. The molecule has 2 aromatic rings. The topological polar surface area (TPSA) is 93.9 Å². The lowest BCUT2D eigenvalue weighted by Crippen LogP contribution is -2.35. The van der Waals surface area contributed by atoms with Gasteiger partial charge in [0, 0.05) is 31.2 Å². The van der Waals surface area contributed by atoms with Crippen molar-refractivity contribution < 1.29 is 24.2 Å². The molecule has 1 aromatic carbocycles. The third kappa shape index (κ3) is 5.22. The third-order valence-electron chi connectivity index (χ3n) is 9.21. The summed E-state index contributed by atoms with van der Waals surface area (Å²) in [6.45, 7) is 3.48. The number of hydrogen-bond acceptors (Lipinski definition) is 5. The van der Waals surface area contributed by atoms with Crippen LogP contribution in [0, 0.1) is 11.8 Å². The predicted octanol–water partition coefficient (Wildman–Crippen LogP) is 5.68. The number of carboxylic acid groups (broad SMARTS) is 1. The Morgan fingerprint density at radius 3 is 2.46 bits per heavy atom. The fraction of sp³-hybridized carbons (Fsp3) is 0.690. The van der Waals surface area contributed by atoms with Gasteiger partial charge < -0.3 is 24.0 Å². The first-order valence-electron chi connectivity index (χ1n) is 14.0. The lowest BCUT2D eigenvalue weighted by molar-refractivity contribution is -0.142. The second-order valence-corrected chi connectivity index (χ2v) is 11.4. The standard InChI is InChI=1S/C29H41N3O5/c1-18(16-19-4-11-23(36-2)12-5-19)32-25-13-10-20-14-15-31(29(35)37-3)17-24(20)26(25)30-27(32)21-6-8-22(9-7-21)28(33)34/h10,13,18-19,21-23H,4-9,11-12,14-17H2,1-3H3,(H,33,34)/t18-,19-,21-,22-,23-/m1/s1. The van der Waals surface area contributed by atoms with E-state index in [1.54, 1.807) is 4.90 Å². The van der Waals surface area contributed by atoms with Gasteiger partial charge >= 0.3 is 12.1 Å². The second kappa shape index (κ2) is 11.0. The van der Waals surface area contributed by atoms with Crippen LogP contribution in [0.15, 0.2) is 12.1 Å². The summed E-state index contributed by atoms with van der Waals surface area (Å²) in [5, 5.41) is 9.52. The van der Waals surface area contributed by atoms with Gasteiger partial charge in [0.25, 0.3) is 0 Å². The second-order valence-electron chi connectivity index (χ2n) is 11.4. The molecule has 2 aliphatic carbocycles. The van der Waals surface area contributed by atoms with Crippen LogP contribution in [0.2, 0.25) is 0 Å². The van der Waals surface area contributed by atoms with Gasteiger partial charge in [0.1, 0.15) is 5.82 Å². The highest BCUT2D eigenvalue weighted by Gasteiger charge is 2.33. The number of methoxy groups -OCH3 is 2. The van der Waals surface area contributed by atoms with Crippen molar-refractivity contribution >= 4 is 23.1 Å². The summed E-state index contributed by atoms with van der Waals surface area (Å²) in [6, 6.07) is 4.73. The highest BCUT2D eigenvalue weighted by atomic mass is 16.5. The highest BCUT2D eigenvalue weighted by molar-refractivity contribution is 5.82. The molecule has 1 aliphatic heterocycles. The van der Waals surface area contributed by atoms with Gasteiger partial charge in [-0.3, -0.25) is 4.79 Å². The van der Waals surface area contributed by atoms with Crippen LogP contribution in [-0.2, 0) is 27.2 Å². The summed E-state index contributed by atoms with van der Waals surface area (Å²) in [7, 11) is 3.25. The van der Waals surface area contributed by atoms with E-state index in [1.165, 1.54) is 25.5 Å². The number of imidazole rings is 1. The summed E-state index contributed by atoms with van der Waals surface area (Å²) < 4.78 is 13.1. The Hall–Kier alpha value is -2.61. The average molecular weight is 512 g/mol. The van der Waals surface area contributed by atoms with Gasteiger partial charge in [-0.1, -0.05) is 6.07 Å². The first kappa shape index (κ1) is 26.0. The molecule has 1 N–H and O–H groups in total. The smallest absolute Gasteiger partial charge is 0.409 e. The number of benzene rings is 1.